The van der Waals surface area contributed by atoms with E-state index in [1.807, 2.05) is 0 Å². The Bertz CT molecular complexity index is 455. The highest BCUT2D eigenvalue weighted by atomic mass is 16.1. The van der Waals surface area contributed by atoms with Gasteiger partial charge in [-0.05, 0) is 42.3 Å². The molecular weight excluding hydrogens is 260 g/mol. The van der Waals surface area contributed by atoms with E-state index >= 15 is 0 Å². The van der Waals surface area contributed by atoms with Gasteiger partial charge in [0, 0.05) is 19.0 Å². The molecule has 0 heterocycles. The first kappa shape index (κ1) is 16.0. The minimum atomic E-state index is 0.203. The van der Waals surface area contributed by atoms with E-state index in [0.717, 1.165) is 32.4 Å². The minimum Gasteiger partial charge on any atom is -0.353 e. The summed E-state index contributed by atoms with van der Waals surface area (Å²) in [6.07, 6.45) is 3.86. The summed E-state index contributed by atoms with van der Waals surface area (Å²) in [4.78, 5) is 11.5. The average molecular weight is 288 g/mol. The molecule has 1 aliphatic carbocycles. The molecule has 0 aliphatic heterocycles. The Labute approximate surface area is 128 Å². The maximum Gasteiger partial charge on any atom is 0.220 e. The highest BCUT2D eigenvalue weighted by molar-refractivity contribution is 5.76. The number of benzene rings is 1. The molecule has 1 aromatic carbocycles. The summed E-state index contributed by atoms with van der Waals surface area (Å²) in [7, 11) is 0. The maximum absolute atomic E-state index is 11.5. The van der Waals surface area contributed by atoms with Gasteiger partial charge in [-0.3, -0.25) is 4.79 Å². The van der Waals surface area contributed by atoms with E-state index in [0.29, 0.717) is 12.5 Å². The van der Waals surface area contributed by atoms with Crippen molar-refractivity contribution in [1.82, 2.24) is 10.6 Å². The summed E-state index contributed by atoms with van der Waals surface area (Å²) in [5.41, 5.74) is 2.87. The van der Waals surface area contributed by atoms with E-state index in [1.165, 1.54) is 11.1 Å². The van der Waals surface area contributed by atoms with E-state index in [-0.39, 0.29) is 11.3 Å². The van der Waals surface area contributed by atoms with Gasteiger partial charge in [0.15, 0.2) is 0 Å². The Morgan fingerprint density at radius 2 is 1.86 bits per heavy atom. The lowest BCUT2D eigenvalue weighted by Gasteiger charge is -2.19. The molecule has 2 rings (SSSR count). The molecule has 1 aliphatic rings. The molecule has 3 nitrogen and oxygen atoms in total. The summed E-state index contributed by atoms with van der Waals surface area (Å²) in [5.74, 6) is 0.203. The van der Waals surface area contributed by atoms with Crippen LogP contribution in [0.3, 0.4) is 0 Å². The van der Waals surface area contributed by atoms with Crippen LogP contribution in [0.4, 0.5) is 0 Å². The van der Waals surface area contributed by atoms with Crippen LogP contribution in [0.1, 0.15) is 57.6 Å². The van der Waals surface area contributed by atoms with Crippen molar-refractivity contribution in [2.45, 2.75) is 64.5 Å². The van der Waals surface area contributed by atoms with Crippen LogP contribution in [0.5, 0.6) is 0 Å². The Morgan fingerprint density at radius 1 is 1.19 bits per heavy atom. The molecule has 0 atom stereocenters. The molecule has 0 unspecified atom stereocenters. The fourth-order valence-corrected chi connectivity index (χ4v) is 2.26. The molecule has 3 heteroatoms. The van der Waals surface area contributed by atoms with Crippen LogP contribution in [0, 0.1) is 0 Å². The third-order valence-corrected chi connectivity index (χ3v) is 3.85. The van der Waals surface area contributed by atoms with Crippen LogP contribution in [0.2, 0.25) is 0 Å². The number of hydrogen-bond donors (Lipinski definition) is 2. The third-order valence-electron chi connectivity index (χ3n) is 3.85. The molecule has 0 aromatic heterocycles. The summed E-state index contributed by atoms with van der Waals surface area (Å²) < 4.78 is 0. The normalized spacial score (nSPS) is 15.0. The van der Waals surface area contributed by atoms with Crippen molar-refractivity contribution in [3.63, 3.8) is 0 Å². The predicted molar refractivity (Wildman–Crippen MR) is 87.2 cm³/mol. The number of carbonyl (C=O) groups is 1. The molecular formula is C18H28N2O. The molecule has 1 aromatic rings. The number of nitrogens with one attached hydrogen (secondary N) is 2. The van der Waals surface area contributed by atoms with Crippen molar-refractivity contribution >= 4 is 5.91 Å². The quantitative estimate of drug-likeness (QED) is 0.757. The van der Waals surface area contributed by atoms with Gasteiger partial charge < -0.3 is 10.6 Å². The number of amides is 1. The predicted octanol–water partition coefficient (Wildman–Crippen LogP) is 3.13. The average Bonchev–Trinajstić information content (AvgIpc) is 3.22. The standard InChI is InChI=1S/C18H28N2O/c1-18(2,3)15-8-6-14(7-9-15)13-19-12-4-5-17(21)20-16-10-11-16/h6-9,16,19H,4-5,10-13H2,1-3H3,(H,20,21). The topological polar surface area (TPSA) is 41.1 Å². The van der Waals surface area contributed by atoms with Gasteiger partial charge in [0.2, 0.25) is 5.91 Å². The zero-order chi connectivity index (χ0) is 15.3. The molecule has 0 spiro atoms. The molecule has 1 fully saturated rings. The Hall–Kier alpha value is -1.35. The lowest BCUT2D eigenvalue weighted by Crippen LogP contribution is -2.26. The van der Waals surface area contributed by atoms with Gasteiger partial charge in [-0.2, -0.15) is 0 Å². The van der Waals surface area contributed by atoms with Gasteiger partial charge in [0.25, 0.3) is 0 Å². The van der Waals surface area contributed by atoms with Crippen molar-refractivity contribution in [2.24, 2.45) is 0 Å². The van der Waals surface area contributed by atoms with Gasteiger partial charge in [-0.15, -0.1) is 0 Å². The molecule has 116 valence electrons. The van der Waals surface area contributed by atoms with E-state index in [4.69, 9.17) is 0 Å². The van der Waals surface area contributed by atoms with Crippen LogP contribution >= 0.6 is 0 Å². The van der Waals surface area contributed by atoms with Gasteiger partial charge >= 0.3 is 0 Å². The molecule has 21 heavy (non-hydrogen) atoms. The molecule has 0 bridgehead atoms. The lowest BCUT2D eigenvalue weighted by atomic mass is 9.87. The van der Waals surface area contributed by atoms with E-state index < -0.39 is 0 Å². The van der Waals surface area contributed by atoms with Gasteiger partial charge in [0.1, 0.15) is 0 Å². The van der Waals surface area contributed by atoms with Gasteiger partial charge in [-0.25, -0.2) is 0 Å². The van der Waals surface area contributed by atoms with Gasteiger partial charge in [0.05, 0.1) is 0 Å². The Morgan fingerprint density at radius 3 is 2.43 bits per heavy atom. The van der Waals surface area contributed by atoms with Crippen molar-refractivity contribution in [1.29, 1.82) is 0 Å². The van der Waals surface area contributed by atoms with E-state index in [1.54, 1.807) is 0 Å². The molecule has 0 radical (unpaired) electrons. The second-order valence-electron chi connectivity index (χ2n) is 7.07. The Balaban J connectivity index is 1.60. The fraction of sp³-hybridized carbons (Fsp3) is 0.611. The van der Waals surface area contributed by atoms with Crippen LogP contribution < -0.4 is 10.6 Å². The summed E-state index contributed by atoms with van der Waals surface area (Å²) in [6.45, 7) is 8.45. The second kappa shape index (κ2) is 7.08. The second-order valence-corrected chi connectivity index (χ2v) is 7.07. The summed E-state index contributed by atoms with van der Waals surface area (Å²) in [5, 5.41) is 6.42. The number of rotatable bonds is 7. The highest BCUT2D eigenvalue weighted by Crippen LogP contribution is 2.22. The maximum atomic E-state index is 11.5. The fourth-order valence-electron chi connectivity index (χ4n) is 2.26. The van der Waals surface area contributed by atoms with Crippen LogP contribution in [-0.2, 0) is 16.8 Å². The van der Waals surface area contributed by atoms with Gasteiger partial charge in [-0.1, -0.05) is 45.0 Å². The molecule has 2 N–H and O–H groups in total. The van der Waals surface area contributed by atoms with Crippen molar-refractivity contribution in [3.8, 4) is 0 Å². The monoisotopic (exact) mass is 288 g/mol. The van der Waals surface area contributed by atoms with Crippen molar-refractivity contribution in [2.75, 3.05) is 6.54 Å². The minimum absolute atomic E-state index is 0.203. The molecule has 1 saturated carbocycles. The lowest BCUT2D eigenvalue weighted by molar-refractivity contribution is -0.121. The molecule has 1 amide bonds. The zero-order valence-corrected chi connectivity index (χ0v) is 13.5. The van der Waals surface area contributed by atoms with E-state index in [9.17, 15) is 4.79 Å². The number of carbonyl (C=O) groups excluding carboxylic acids is 1. The first-order valence-electron chi connectivity index (χ1n) is 8.04. The summed E-state index contributed by atoms with van der Waals surface area (Å²) in [6, 6.07) is 9.27. The van der Waals surface area contributed by atoms with Crippen molar-refractivity contribution in [3.05, 3.63) is 35.4 Å². The molecule has 0 saturated heterocycles. The number of hydrogen-bond acceptors (Lipinski definition) is 2. The SMILES string of the molecule is CC(C)(C)c1ccc(CNCCCC(=O)NC2CC2)cc1. The van der Waals surface area contributed by atoms with Crippen molar-refractivity contribution < 1.29 is 4.79 Å². The van der Waals surface area contributed by atoms with Crippen LogP contribution in [0.25, 0.3) is 0 Å². The first-order valence-corrected chi connectivity index (χ1v) is 8.04. The largest absolute Gasteiger partial charge is 0.353 e. The Kier molecular flexibility index (Phi) is 5.40. The summed E-state index contributed by atoms with van der Waals surface area (Å²) >= 11 is 0. The van der Waals surface area contributed by atoms with Crippen LogP contribution in [0.15, 0.2) is 24.3 Å². The van der Waals surface area contributed by atoms with Crippen LogP contribution in [-0.4, -0.2) is 18.5 Å². The zero-order valence-electron chi connectivity index (χ0n) is 13.5. The first-order chi connectivity index (χ1) is 9.95. The third kappa shape index (κ3) is 5.88. The highest BCUT2D eigenvalue weighted by Gasteiger charge is 2.22. The van der Waals surface area contributed by atoms with E-state index in [2.05, 4.69) is 55.7 Å². The smallest absolute Gasteiger partial charge is 0.220 e.